The summed E-state index contributed by atoms with van der Waals surface area (Å²) in [4.78, 5) is 12.5. The summed E-state index contributed by atoms with van der Waals surface area (Å²) in [6, 6.07) is 0. The lowest BCUT2D eigenvalue weighted by Gasteiger charge is -2.59. The van der Waals surface area contributed by atoms with Gasteiger partial charge in [-0.3, -0.25) is 0 Å². The van der Waals surface area contributed by atoms with E-state index in [4.69, 9.17) is 28.7 Å². The maximum atomic E-state index is 6.94. The van der Waals surface area contributed by atoms with Gasteiger partial charge in [-0.1, -0.05) is 19.8 Å². The van der Waals surface area contributed by atoms with Crippen LogP contribution in [0.3, 0.4) is 0 Å². The lowest BCUT2D eigenvalue weighted by molar-refractivity contribution is -0.481. The van der Waals surface area contributed by atoms with Crippen molar-refractivity contribution in [2.75, 3.05) is 0 Å². The second-order valence-electron chi connectivity index (χ2n) is 10.5. The highest BCUT2D eigenvalue weighted by Gasteiger charge is 2.67. The van der Waals surface area contributed by atoms with Gasteiger partial charge >= 0.3 is 0 Å². The predicted molar refractivity (Wildman–Crippen MR) is 98.8 cm³/mol. The van der Waals surface area contributed by atoms with Crippen LogP contribution in [-0.4, -0.2) is 42.3 Å². The normalized spacial score (nSPS) is 56.0. The van der Waals surface area contributed by atoms with E-state index in [-0.39, 0.29) is 30.7 Å². The van der Waals surface area contributed by atoms with Crippen LogP contribution >= 0.6 is 0 Å². The second kappa shape index (κ2) is 6.38. The lowest BCUT2D eigenvalue weighted by atomic mass is 9.53. The molecule has 0 unspecified atom stereocenters. The SMILES string of the molecule is CCCC[C@@H]1OOC2(O[C@@H]3[C@H]4OC(C)(C)O[C@H]4O[C@@H]31)C1CC3CC(C1)CC2C3. The maximum absolute atomic E-state index is 6.94. The first-order valence-electron chi connectivity index (χ1n) is 11.5. The van der Waals surface area contributed by atoms with E-state index in [0.29, 0.717) is 11.8 Å². The van der Waals surface area contributed by atoms with E-state index in [0.717, 1.165) is 31.1 Å². The van der Waals surface area contributed by atoms with Crippen LogP contribution in [0.25, 0.3) is 0 Å². The van der Waals surface area contributed by atoms with Crippen molar-refractivity contribution in [2.24, 2.45) is 23.7 Å². The Bertz CT molecular complexity index is 592. The molecular formula is C22H34O6. The smallest absolute Gasteiger partial charge is 0.207 e. The maximum Gasteiger partial charge on any atom is 0.207 e. The highest BCUT2D eigenvalue weighted by Crippen LogP contribution is 2.62. The van der Waals surface area contributed by atoms with E-state index >= 15 is 0 Å². The third-order valence-corrected chi connectivity index (χ3v) is 8.13. The topological polar surface area (TPSA) is 55.4 Å². The van der Waals surface area contributed by atoms with Gasteiger partial charge in [0.05, 0.1) is 0 Å². The Labute approximate surface area is 167 Å². The number of hydrogen-bond acceptors (Lipinski definition) is 6. The molecule has 6 heteroatoms. The van der Waals surface area contributed by atoms with Crippen molar-refractivity contribution in [1.29, 1.82) is 0 Å². The summed E-state index contributed by atoms with van der Waals surface area (Å²) >= 11 is 0. The lowest BCUT2D eigenvalue weighted by Crippen LogP contribution is -2.61. The van der Waals surface area contributed by atoms with Crippen LogP contribution < -0.4 is 0 Å². The number of ether oxygens (including phenoxy) is 4. The molecule has 0 N–H and O–H groups in total. The molecule has 0 amide bonds. The van der Waals surface area contributed by atoms with Crippen LogP contribution in [0.15, 0.2) is 0 Å². The summed E-state index contributed by atoms with van der Waals surface area (Å²) < 4.78 is 25.5. The molecule has 5 atom stereocenters. The van der Waals surface area contributed by atoms with Crippen LogP contribution in [0.1, 0.15) is 72.1 Å². The molecule has 7 rings (SSSR count). The van der Waals surface area contributed by atoms with Crippen molar-refractivity contribution < 1.29 is 28.7 Å². The number of hydrogen-bond donors (Lipinski definition) is 0. The highest BCUT2D eigenvalue weighted by molar-refractivity contribution is 5.07. The van der Waals surface area contributed by atoms with Gasteiger partial charge < -0.3 is 18.9 Å². The summed E-state index contributed by atoms with van der Waals surface area (Å²) in [5.74, 6) is 1.24. The molecule has 4 bridgehead atoms. The Morgan fingerprint density at radius 3 is 2.21 bits per heavy atom. The fourth-order valence-electron chi connectivity index (χ4n) is 7.15. The van der Waals surface area contributed by atoms with Crippen molar-refractivity contribution >= 4 is 0 Å². The third-order valence-electron chi connectivity index (χ3n) is 8.13. The Balaban J connectivity index is 1.33. The van der Waals surface area contributed by atoms with Gasteiger partial charge in [0.25, 0.3) is 0 Å². The van der Waals surface area contributed by atoms with Gasteiger partial charge in [-0.05, 0) is 64.2 Å². The summed E-state index contributed by atoms with van der Waals surface area (Å²) in [7, 11) is 0. The molecule has 6 nitrogen and oxygen atoms in total. The van der Waals surface area contributed by atoms with Crippen molar-refractivity contribution in [3.05, 3.63) is 0 Å². The van der Waals surface area contributed by atoms with Crippen LogP contribution in [0.4, 0.5) is 0 Å². The molecule has 3 aliphatic heterocycles. The van der Waals surface area contributed by atoms with Gasteiger partial charge in [0, 0.05) is 11.8 Å². The fraction of sp³-hybridized carbons (Fsp3) is 1.00. The van der Waals surface area contributed by atoms with Gasteiger partial charge in [-0.15, -0.1) is 0 Å². The average Bonchev–Trinajstić information content (AvgIpc) is 3.04. The summed E-state index contributed by atoms with van der Waals surface area (Å²) in [6.45, 7) is 6.09. The Morgan fingerprint density at radius 2 is 1.54 bits per heavy atom. The van der Waals surface area contributed by atoms with Crippen LogP contribution in [0, 0.1) is 23.7 Å². The van der Waals surface area contributed by atoms with Crippen molar-refractivity contribution in [1.82, 2.24) is 0 Å². The average molecular weight is 395 g/mol. The largest absolute Gasteiger partial charge is 0.341 e. The first-order chi connectivity index (χ1) is 13.5. The van der Waals surface area contributed by atoms with E-state index in [1.807, 2.05) is 13.8 Å². The van der Waals surface area contributed by atoms with E-state index in [1.165, 1.54) is 32.1 Å². The molecule has 158 valence electrons. The molecule has 3 saturated heterocycles. The van der Waals surface area contributed by atoms with Gasteiger partial charge in [0.2, 0.25) is 5.79 Å². The Morgan fingerprint density at radius 1 is 0.821 bits per heavy atom. The van der Waals surface area contributed by atoms with Crippen LogP contribution in [0.2, 0.25) is 0 Å². The van der Waals surface area contributed by atoms with E-state index < -0.39 is 11.6 Å². The first-order valence-corrected chi connectivity index (χ1v) is 11.5. The molecule has 0 aromatic carbocycles. The minimum atomic E-state index is -0.645. The van der Waals surface area contributed by atoms with Crippen LogP contribution in [-0.2, 0) is 28.7 Å². The number of fused-ring (bicyclic) bond motifs is 3. The molecule has 28 heavy (non-hydrogen) atoms. The molecule has 0 radical (unpaired) electrons. The molecule has 0 aromatic rings. The summed E-state index contributed by atoms with van der Waals surface area (Å²) in [5.41, 5.74) is 0. The highest BCUT2D eigenvalue weighted by atomic mass is 17.2. The minimum absolute atomic E-state index is 0.137. The molecule has 3 heterocycles. The molecule has 4 saturated carbocycles. The molecule has 4 aliphatic carbocycles. The second-order valence-corrected chi connectivity index (χ2v) is 10.5. The van der Waals surface area contributed by atoms with E-state index in [2.05, 4.69) is 6.92 Å². The Hall–Kier alpha value is -0.240. The molecule has 0 aromatic heterocycles. The zero-order valence-corrected chi connectivity index (χ0v) is 17.3. The van der Waals surface area contributed by atoms with Gasteiger partial charge in [0.1, 0.15) is 24.4 Å². The fourth-order valence-corrected chi connectivity index (χ4v) is 7.15. The van der Waals surface area contributed by atoms with Gasteiger partial charge in [-0.2, -0.15) is 0 Å². The monoisotopic (exact) mass is 394 g/mol. The standard InChI is InChI=1S/C22H34O6/c1-4-5-6-16-17-18(19-20(23-17)26-21(2,3)24-19)25-22(28-27-16)14-8-12-7-13(10-14)11-15(22)9-12/h12-20H,4-11H2,1-3H3/t12?,13?,14?,15?,16-,17+,18-,19+,20+,22?/m0/s1. The molecule has 7 aliphatic rings. The zero-order chi connectivity index (χ0) is 19.1. The van der Waals surface area contributed by atoms with Crippen LogP contribution in [0.5, 0.6) is 0 Å². The molecule has 7 fully saturated rings. The number of unbranched alkanes of at least 4 members (excludes halogenated alkanes) is 1. The summed E-state index contributed by atoms with van der Waals surface area (Å²) in [6.07, 6.45) is 8.15. The van der Waals surface area contributed by atoms with Gasteiger partial charge in [-0.25, -0.2) is 9.78 Å². The summed E-state index contributed by atoms with van der Waals surface area (Å²) in [5, 5.41) is 0. The van der Waals surface area contributed by atoms with E-state index in [1.54, 1.807) is 0 Å². The predicted octanol–water partition coefficient (Wildman–Crippen LogP) is 3.92. The van der Waals surface area contributed by atoms with Crippen molar-refractivity contribution in [3.63, 3.8) is 0 Å². The van der Waals surface area contributed by atoms with Gasteiger partial charge in [0.15, 0.2) is 12.1 Å². The van der Waals surface area contributed by atoms with Crippen molar-refractivity contribution in [2.45, 2.75) is 114 Å². The van der Waals surface area contributed by atoms with Crippen molar-refractivity contribution in [3.8, 4) is 0 Å². The van der Waals surface area contributed by atoms with E-state index in [9.17, 15) is 0 Å². The third kappa shape index (κ3) is 2.68. The quantitative estimate of drug-likeness (QED) is 0.676. The number of rotatable bonds is 3. The zero-order valence-electron chi connectivity index (χ0n) is 17.3. The molecular weight excluding hydrogens is 360 g/mol. The minimum Gasteiger partial charge on any atom is -0.341 e. The molecule has 1 spiro atoms. The Kier molecular flexibility index (Phi) is 4.22. The first kappa shape index (κ1) is 18.5.